The molecular weight excluding hydrogens is 401 g/mol. The van der Waals surface area contributed by atoms with Gasteiger partial charge in [0, 0.05) is 42.8 Å². The molecule has 0 bridgehead atoms. The Labute approximate surface area is 184 Å². The average Bonchev–Trinajstić information content (AvgIpc) is 3.29. The van der Waals surface area contributed by atoms with Gasteiger partial charge in [-0.25, -0.2) is 4.39 Å². The normalized spacial score (nSPS) is 25.3. The van der Waals surface area contributed by atoms with Gasteiger partial charge in [0.15, 0.2) is 0 Å². The molecule has 3 aliphatic rings. The van der Waals surface area contributed by atoms with E-state index in [9.17, 15) is 9.18 Å². The summed E-state index contributed by atoms with van der Waals surface area (Å²) in [6, 6.07) is 5.30. The third-order valence-electron chi connectivity index (χ3n) is 6.99. The van der Waals surface area contributed by atoms with Crippen molar-refractivity contribution in [2.45, 2.75) is 57.4 Å². The van der Waals surface area contributed by atoms with E-state index in [0.717, 1.165) is 76.3 Å². The zero-order valence-corrected chi connectivity index (χ0v) is 18.5. The number of benzene rings is 1. The molecule has 0 atom stereocenters. The molecule has 4 nitrogen and oxygen atoms in total. The molecule has 1 aliphatic heterocycles. The average molecular weight is 434 g/mol. The minimum absolute atomic E-state index is 0.172. The molecule has 1 saturated heterocycles. The molecule has 2 aliphatic carbocycles. The van der Waals surface area contributed by atoms with Gasteiger partial charge >= 0.3 is 0 Å². The van der Waals surface area contributed by atoms with E-state index in [2.05, 4.69) is 21.2 Å². The number of amides is 1. The lowest BCUT2D eigenvalue weighted by atomic mass is 9.84. The predicted molar refractivity (Wildman–Crippen MR) is 121 cm³/mol. The van der Waals surface area contributed by atoms with Crippen molar-refractivity contribution in [2.75, 3.05) is 37.6 Å². The van der Waals surface area contributed by atoms with Crippen molar-refractivity contribution in [3.8, 4) is 0 Å². The number of piperazine rings is 1. The van der Waals surface area contributed by atoms with Gasteiger partial charge in [0.25, 0.3) is 0 Å². The monoisotopic (exact) mass is 433 g/mol. The van der Waals surface area contributed by atoms with Crippen LogP contribution in [0.25, 0.3) is 0 Å². The summed E-state index contributed by atoms with van der Waals surface area (Å²) in [5, 5.41) is 3.70. The predicted octanol–water partition coefficient (Wildman–Crippen LogP) is 4.78. The highest BCUT2D eigenvalue weighted by atomic mass is 35.5. The molecule has 0 spiro atoms. The van der Waals surface area contributed by atoms with Crippen molar-refractivity contribution >= 4 is 23.2 Å². The second kappa shape index (κ2) is 10.1. The van der Waals surface area contributed by atoms with E-state index >= 15 is 0 Å². The molecule has 1 heterocycles. The number of rotatable bonds is 6. The number of allylic oxidation sites excluding steroid dienone is 1. The van der Waals surface area contributed by atoms with Crippen molar-refractivity contribution in [3.05, 3.63) is 40.7 Å². The Morgan fingerprint density at radius 1 is 1.13 bits per heavy atom. The van der Waals surface area contributed by atoms with Crippen LogP contribution in [0.1, 0.15) is 51.4 Å². The van der Waals surface area contributed by atoms with Crippen LogP contribution in [0.4, 0.5) is 10.1 Å². The molecule has 1 aromatic rings. The minimum Gasteiger partial charge on any atom is -0.367 e. The fourth-order valence-electron chi connectivity index (χ4n) is 5.07. The molecule has 4 rings (SSSR count). The SMILES string of the molecule is O=C(NC1CCC(CCN2CCN(c3ccc(Cl)cc3F)CC2)CC1)C1=CCCC1. The Hall–Kier alpha value is -1.59. The number of nitrogens with one attached hydrogen (secondary N) is 1. The first kappa shape index (κ1) is 21.6. The highest BCUT2D eigenvalue weighted by molar-refractivity contribution is 6.30. The Balaban J connectivity index is 1.14. The van der Waals surface area contributed by atoms with E-state index in [4.69, 9.17) is 11.6 Å². The van der Waals surface area contributed by atoms with Crippen molar-refractivity contribution in [3.63, 3.8) is 0 Å². The molecule has 164 valence electrons. The van der Waals surface area contributed by atoms with Gasteiger partial charge in [0.1, 0.15) is 5.82 Å². The lowest BCUT2D eigenvalue weighted by molar-refractivity contribution is -0.118. The summed E-state index contributed by atoms with van der Waals surface area (Å²) < 4.78 is 14.2. The summed E-state index contributed by atoms with van der Waals surface area (Å²) in [6.07, 6.45) is 11.1. The lowest BCUT2D eigenvalue weighted by Gasteiger charge is -2.37. The maximum atomic E-state index is 14.2. The van der Waals surface area contributed by atoms with Crippen LogP contribution in [0.3, 0.4) is 0 Å². The Bertz CT molecular complexity index is 768. The summed E-state index contributed by atoms with van der Waals surface area (Å²) in [4.78, 5) is 16.9. The first-order valence-electron chi connectivity index (χ1n) is 11.5. The Morgan fingerprint density at radius 2 is 1.90 bits per heavy atom. The highest BCUT2D eigenvalue weighted by Crippen LogP contribution is 2.29. The van der Waals surface area contributed by atoms with Crippen LogP contribution in [0, 0.1) is 11.7 Å². The zero-order valence-electron chi connectivity index (χ0n) is 17.7. The zero-order chi connectivity index (χ0) is 20.9. The number of hydrogen-bond donors (Lipinski definition) is 1. The summed E-state index contributed by atoms with van der Waals surface area (Å²) in [7, 11) is 0. The van der Waals surface area contributed by atoms with Crippen LogP contribution >= 0.6 is 11.6 Å². The standard InChI is InChI=1S/C24H33ClFN3O/c25-20-7-10-23(22(26)17-20)29-15-13-28(14-16-29)12-11-18-5-8-21(9-6-18)27-24(30)19-3-1-2-4-19/h3,7,10,17-18,21H,1-2,4-6,8-9,11-16H2,(H,27,30). The maximum absolute atomic E-state index is 14.2. The van der Waals surface area contributed by atoms with E-state index in [1.165, 1.54) is 25.3 Å². The van der Waals surface area contributed by atoms with Gasteiger partial charge in [-0.2, -0.15) is 0 Å². The van der Waals surface area contributed by atoms with Crippen LogP contribution in [0.15, 0.2) is 29.8 Å². The van der Waals surface area contributed by atoms with E-state index in [0.29, 0.717) is 16.8 Å². The maximum Gasteiger partial charge on any atom is 0.247 e. The van der Waals surface area contributed by atoms with Gasteiger partial charge in [-0.1, -0.05) is 17.7 Å². The molecule has 6 heteroatoms. The molecule has 30 heavy (non-hydrogen) atoms. The molecule has 0 unspecified atom stereocenters. The lowest BCUT2D eigenvalue weighted by Crippen LogP contribution is -2.47. The second-order valence-electron chi connectivity index (χ2n) is 9.03. The molecule has 1 aromatic carbocycles. The number of nitrogens with zero attached hydrogens (tertiary/aromatic N) is 2. The number of hydrogen-bond acceptors (Lipinski definition) is 3. The topological polar surface area (TPSA) is 35.6 Å². The van der Waals surface area contributed by atoms with E-state index < -0.39 is 0 Å². The Morgan fingerprint density at radius 3 is 2.57 bits per heavy atom. The fourth-order valence-corrected chi connectivity index (χ4v) is 5.22. The summed E-state index contributed by atoms with van der Waals surface area (Å²) in [5.74, 6) is 0.700. The van der Waals surface area contributed by atoms with Crippen LogP contribution in [-0.4, -0.2) is 49.6 Å². The van der Waals surface area contributed by atoms with Crippen LogP contribution in [0.5, 0.6) is 0 Å². The van der Waals surface area contributed by atoms with Gasteiger partial charge in [-0.05, 0) is 82.0 Å². The largest absolute Gasteiger partial charge is 0.367 e. The van der Waals surface area contributed by atoms with E-state index in [1.54, 1.807) is 12.1 Å². The summed E-state index contributed by atoms with van der Waals surface area (Å²) >= 11 is 5.87. The molecule has 1 saturated carbocycles. The number of halogens is 2. The Kier molecular flexibility index (Phi) is 7.32. The summed E-state index contributed by atoms with van der Waals surface area (Å²) in [6.45, 7) is 4.77. The molecular formula is C24H33ClFN3O. The van der Waals surface area contributed by atoms with Crippen molar-refractivity contribution in [1.29, 1.82) is 0 Å². The number of anilines is 1. The molecule has 1 amide bonds. The smallest absolute Gasteiger partial charge is 0.247 e. The van der Waals surface area contributed by atoms with Crippen molar-refractivity contribution in [1.82, 2.24) is 10.2 Å². The number of carbonyl (C=O) groups excluding carboxylic acids is 1. The van der Waals surface area contributed by atoms with Gasteiger partial charge in [-0.15, -0.1) is 0 Å². The minimum atomic E-state index is -0.232. The third kappa shape index (κ3) is 5.55. The molecule has 0 aromatic heterocycles. The van der Waals surface area contributed by atoms with Gasteiger partial charge in [0.2, 0.25) is 5.91 Å². The molecule has 1 N–H and O–H groups in total. The quantitative estimate of drug-likeness (QED) is 0.701. The van der Waals surface area contributed by atoms with Crippen LogP contribution in [-0.2, 0) is 4.79 Å². The molecule has 2 fully saturated rings. The van der Waals surface area contributed by atoms with Crippen molar-refractivity contribution in [2.24, 2.45) is 5.92 Å². The first-order valence-corrected chi connectivity index (χ1v) is 11.9. The second-order valence-corrected chi connectivity index (χ2v) is 9.46. The van der Waals surface area contributed by atoms with Crippen molar-refractivity contribution < 1.29 is 9.18 Å². The van der Waals surface area contributed by atoms with Gasteiger partial charge in [-0.3, -0.25) is 9.69 Å². The number of carbonyl (C=O) groups is 1. The molecule has 0 radical (unpaired) electrons. The highest BCUT2D eigenvalue weighted by Gasteiger charge is 2.25. The summed E-state index contributed by atoms with van der Waals surface area (Å²) in [5.41, 5.74) is 1.66. The van der Waals surface area contributed by atoms with Crippen LogP contribution in [0.2, 0.25) is 5.02 Å². The third-order valence-corrected chi connectivity index (χ3v) is 7.23. The van der Waals surface area contributed by atoms with Gasteiger partial charge < -0.3 is 10.2 Å². The van der Waals surface area contributed by atoms with Crippen LogP contribution < -0.4 is 10.2 Å². The van der Waals surface area contributed by atoms with E-state index in [-0.39, 0.29) is 11.7 Å². The van der Waals surface area contributed by atoms with E-state index in [1.807, 2.05) is 0 Å². The van der Waals surface area contributed by atoms with Gasteiger partial charge in [0.05, 0.1) is 5.69 Å². The first-order chi connectivity index (χ1) is 14.6. The fraction of sp³-hybridized carbons (Fsp3) is 0.625.